The second-order valence-electron chi connectivity index (χ2n) is 7.86. The summed E-state index contributed by atoms with van der Waals surface area (Å²) >= 11 is 4.12. The molecule has 1 aliphatic rings. The second-order valence-corrected chi connectivity index (χ2v) is 9.71. The summed E-state index contributed by atoms with van der Waals surface area (Å²) in [5, 5.41) is 1.64. The predicted molar refractivity (Wildman–Crippen MR) is 138 cm³/mol. The van der Waals surface area contributed by atoms with E-state index >= 15 is 0 Å². The van der Waals surface area contributed by atoms with Crippen molar-refractivity contribution in [2.75, 3.05) is 11.9 Å². The lowest BCUT2D eigenvalue weighted by Crippen LogP contribution is -2.36. The number of hydrogen-bond acceptors (Lipinski definition) is 5. The van der Waals surface area contributed by atoms with E-state index in [1.807, 2.05) is 30.3 Å². The maximum atomic E-state index is 12.9. The Labute approximate surface area is 222 Å². The Morgan fingerprint density at radius 1 is 1.03 bits per heavy atom. The first-order valence-electron chi connectivity index (χ1n) is 10.8. The number of carbonyl (C=O) groups excluding carboxylic acids is 3. The molecule has 1 fully saturated rings. The third kappa shape index (κ3) is 6.80. The fourth-order valence-corrected chi connectivity index (χ4v) is 4.71. The number of halogens is 4. The lowest BCUT2D eigenvalue weighted by Gasteiger charge is -2.13. The number of carbonyl (C=O) groups is 3. The van der Waals surface area contributed by atoms with Gasteiger partial charge in [-0.2, -0.15) is 13.2 Å². The van der Waals surface area contributed by atoms with Gasteiger partial charge in [-0.05, 0) is 75.2 Å². The Morgan fingerprint density at radius 3 is 2.49 bits per heavy atom. The number of imide groups is 1. The average molecular weight is 591 g/mol. The van der Waals surface area contributed by atoms with Crippen LogP contribution >= 0.6 is 27.7 Å². The van der Waals surface area contributed by atoms with E-state index < -0.39 is 35.3 Å². The molecule has 6 nitrogen and oxygen atoms in total. The van der Waals surface area contributed by atoms with Crippen LogP contribution in [-0.2, 0) is 22.4 Å². The minimum atomic E-state index is -4.57. The highest BCUT2D eigenvalue weighted by atomic mass is 79.9. The summed E-state index contributed by atoms with van der Waals surface area (Å²) in [6.07, 6.45) is -3.06. The van der Waals surface area contributed by atoms with Crippen molar-refractivity contribution in [1.29, 1.82) is 0 Å². The van der Waals surface area contributed by atoms with E-state index in [1.54, 1.807) is 18.2 Å². The summed E-state index contributed by atoms with van der Waals surface area (Å²) in [4.78, 5) is 38.3. The van der Waals surface area contributed by atoms with E-state index in [9.17, 15) is 27.6 Å². The van der Waals surface area contributed by atoms with E-state index in [4.69, 9.17) is 4.74 Å². The molecule has 1 heterocycles. The highest BCUT2D eigenvalue weighted by Gasteiger charge is 2.36. The van der Waals surface area contributed by atoms with Gasteiger partial charge in [0.15, 0.2) is 0 Å². The first kappa shape index (κ1) is 26.5. The molecule has 1 saturated heterocycles. The minimum Gasteiger partial charge on any atom is -0.488 e. The summed E-state index contributed by atoms with van der Waals surface area (Å²) in [7, 11) is 0. The Kier molecular flexibility index (Phi) is 8.03. The lowest BCUT2D eigenvalue weighted by atomic mass is 10.2. The molecule has 1 N–H and O–H groups in total. The first-order valence-corrected chi connectivity index (χ1v) is 12.4. The molecule has 37 heavy (non-hydrogen) atoms. The van der Waals surface area contributed by atoms with Crippen LogP contribution in [0.1, 0.15) is 16.7 Å². The van der Waals surface area contributed by atoms with E-state index in [0.29, 0.717) is 34.2 Å². The van der Waals surface area contributed by atoms with E-state index in [2.05, 4.69) is 21.2 Å². The highest BCUT2D eigenvalue weighted by Crippen LogP contribution is 2.34. The van der Waals surface area contributed by atoms with Crippen LogP contribution in [0.15, 0.2) is 82.2 Å². The zero-order valence-corrected chi connectivity index (χ0v) is 21.3. The van der Waals surface area contributed by atoms with Crippen LogP contribution in [0.25, 0.3) is 6.08 Å². The van der Waals surface area contributed by atoms with Crippen LogP contribution in [-0.4, -0.2) is 28.5 Å². The van der Waals surface area contributed by atoms with Gasteiger partial charge in [0.2, 0.25) is 5.91 Å². The van der Waals surface area contributed by atoms with Crippen molar-refractivity contribution in [2.45, 2.75) is 12.8 Å². The Balaban J connectivity index is 1.39. The zero-order chi connectivity index (χ0) is 26.6. The zero-order valence-electron chi connectivity index (χ0n) is 18.9. The van der Waals surface area contributed by atoms with Crippen molar-refractivity contribution in [3.63, 3.8) is 0 Å². The van der Waals surface area contributed by atoms with Crippen molar-refractivity contribution >= 4 is 56.5 Å². The number of nitrogens with zero attached hydrogens (tertiary/aromatic N) is 1. The van der Waals surface area contributed by atoms with Gasteiger partial charge in [0.25, 0.3) is 11.1 Å². The van der Waals surface area contributed by atoms with Crippen LogP contribution in [0.4, 0.5) is 23.7 Å². The second kappa shape index (κ2) is 11.2. The SMILES string of the molecule is O=C(CN1C(=O)S/C(=C\c2ccc(OCc3ccccc3)c(Br)c2)C1=O)Nc1cccc(C(F)(F)F)c1. The number of rotatable bonds is 7. The molecular weight excluding hydrogens is 573 g/mol. The number of thioether (sulfide) groups is 1. The molecule has 0 atom stereocenters. The van der Waals surface area contributed by atoms with Crippen LogP contribution in [0.5, 0.6) is 5.75 Å². The molecule has 0 bridgehead atoms. The van der Waals surface area contributed by atoms with Crippen LogP contribution in [0.2, 0.25) is 0 Å². The molecule has 190 valence electrons. The smallest absolute Gasteiger partial charge is 0.416 e. The number of anilines is 1. The summed E-state index contributed by atoms with van der Waals surface area (Å²) in [6, 6.07) is 18.9. The number of ether oxygens (including phenoxy) is 1. The number of amides is 3. The van der Waals surface area contributed by atoms with Gasteiger partial charge >= 0.3 is 6.18 Å². The topological polar surface area (TPSA) is 75.7 Å². The quantitative estimate of drug-likeness (QED) is 0.309. The van der Waals surface area contributed by atoms with Gasteiger partial charge in [0.1, 0.15) is 18.9 Å². The number of benzene rings is 3. The molecule has 0 radical (unpaired) electrons. The number of hydrogen-bond donors (Lipinski definition) is 1. The molecule has 0 saturated carbocycles. The van der Waals surface area contributed by atoms with Crippen LogP contribution < -0.4 is 10.1 Å². The van der Waals surface area contributed by atoms with Crippen molar-refractivity contribution in [3.8, 4) is 5.75 Å². The van der Waals surface area contributed by atoms with Crippen molar-refractivity contribution in [2.24, 2.45) is 0 Å². The van der Waals surface area contributed by atoms with E-state index in [1.165, 1.54) is 12.1 Å². The van der Waals surface area contributed by atoms with Gasteiger partial charge in [-0.1, -0.05) is 42.5 Å². The van der Waals surface area contributed by atoms with Crippen LogP contribution in [0, 0.1) is 0 Å². The highest BCUT2D eigenvalue weighted by molar-refractivity contribution is 9.10. The maximum Gasteiger partial charge on any atom is 0.416 e. The third-order valence-electron chi connectivity index (χ3n) is 5.14. The Hall–Kier alpha value is -3.57. The molecule has 3 aromatic carbocycles. The fraction of sp³-hybridized carbons (Fsp3) is 0.115. The third-order valence-corrected chi connectivity index (χ3v) is 6.67. The molecule has 0 aromatic heterocycles. The minimum absolute atomic E-state index is 0.0956. The van der Waals surface area contributed by atoms with E-state index in [0.717, 1.165) is 28.7 Å². The standard InChI is InChI=1S/C26H18BrF3N2O4S/c27-20-11-17(9-10-21(20)36-15-16-5-2-1-3-6-16)12-22-24(34)32(25(35)37-22)14-23(33)31-19-8-4-7-18(13-19)26(28,29)30/h1-13H,14-15H2,(H,31,33)/b22-12-. The van der Waals surface area contributed by atoms with Gasteiger partial charge in [0.05, 0.1) is 14.9 Å². The normalized spacial score (nSPS) is 14.8. The maximum absolute atomic E-state index is 12.9. The first-order chi connectivity index (χ1) is 17.6. The lowest BCUT2D eigenvalue weighted by molar-refractivity contribution is -0.137. The molecule has 0 spiro atoms. The number of nitrogens with one attached hydrogen (secondary N) is 1. The molecule has 11 heteroatoms. The van der Waals surface area contributed by atoms with Crippen molar-refractivity contribution in [1.82, 2.24) is 4.90 Å². The van der Waals surface area contributed by atoms with Gasteiger partial charge in [-0.15, -0.1) is 0 Å². The molecule has 0 unspecified atom stereocenters. The molecule has 1 aliphatic heterocycles. The Morgan fingerprint density at radius 2 is 1.78 bits per heavy atom. The molecule has 3 amide bonds. The monoisotopic (exact) mass is 590 g/mol. The van der Waals surface area contributed by atoms with E-state index in [-0.39, 0.29) is 10.6 Å². The average Bonchev–Trinajstić information content (AvgIpc) is 3.11. The van der Waals surface area contributed by atoms with Gasteiger partial charge in [-0.25, -0.2) is 0 Å². The molecule has 4 rings (SSSR count). The summed E-state index contributed by atoms with van der Waals surface area (Å²) in [5.41, 5.74) is 0.603. The molecule has 3 aromatic rings. The summed E-state index contributed by atoms with van der Waals surface area (Å²) in [6.45, 7) is -0.256. The summed E-state index contributed by atoms with van der Waals surface area (Å²) < 4.78 is 45.1. The van der Waals surface area contributed by atoms with Crippen molar-refractivity contribution < 1.29 is 32.3 Å². The van der Waals surface area contributed by atoms with Gasteiger partial charge in [0, 0.05) is 5.69 Å². The van der Waals surface area contributed by atoms with Gasteiger partial charge < -0.3 is 10.1 Å². The molecule has 0 aliphatic carbocycles. The molecular formula is C26H18BrF3N2O4S. The Bertz CT molecular complexity index is 1380. The fourth-order valence-electron chi connectivity index (χ4n) is 3.36. The predicted octanol–water partition coefficient (Wildman–Crippen LogP) is 6.72. The van der Waals surface area contributed by atoms with Gasteiger partial charge in [-0.3, -0.25) is 19.3 Å². The summed E-state index contributed by atoms with van der Waals surface area (Å²) in [5.74, 6) is -0.874. The van der Waals surface area contributed by atoms with Crippen molar-refractivity contribution in [3.05, 3.63) is 98.9 Å². The number of alkyl halides is 3. The largest absolute Gasteiger partial charge is 0.488 e. The van der Waals surface area contributed by atoms with Crippen LogP contribution in [0.3, 0.4) is 0 Å².